The van der Waals surface area contributed by atoms with Crippen molar-refractivity contribution in [3.05, 3.63) is 30.3 Å². The topological polar surface area (TPSA) is 67.1 Å². The van der Waals surface area contributed by atoms with Crippen molar-refractivity contribution in [2.75, 3.05) is 36.3 Å². The Labute approximate surface area is 117 Å². The second-order valence-corrected chi connectivity index (χ2v) is 4.97. The molecule has 1 aromatic heterocycles. The molecule has 0 saturated carbocycles. The zero-order valence-corrected chi connectivity index (χ0v) is 12.0. The molecule has 0 atom stereocenters. The quantitative estimate of drug-likeness (QED) is 0.660. The van der Waals surface area contributed by atoms with E-state index in [1.54, 1.807) is 6.07 Å². The number of nitrogens with one attached hydrogen (secondary N) is 1. The number of anilines is 4. The Morgan fingerprint density at radius 2 is 1.95 bits per heavy atom. The highest BCUT2D eigenvalue weighted by atomic mass is 32.2. The lowest BCUT2D eigenvalue weighted by atomic mass is 10.2. The Hall–Kier alpha value is -1.95. The number of nitrogens with zero attached hydrogens (tertiary/aromatic N) is 3. The van der Waals surface area contributed by atoms with Crippen molar-refractivity contribution in [1.82, 2.24) is 9.97 Å². The molecule has 0 unspecified atom stereocenters. The van der Waals surface area contributed by atoms with E-state index in [1.165, 1.54) is 11.8 Å². The first-order valence-corrected chi connectivity index (χ1v) is 7.04. The van der Waals surface area contributed by atoms with Gasteiger partial charge in [-0.3, -0.25) is 0 Å². The van der Waals surface area contributed by atoms with Crippen molar-refractivity contribution in [3.8, 4) is 0 Å². The van der Waals surface area contributed by atoms with E-state index in [-0.39, 0.29) is 0 Å². The van der Waals surface area contributed by atoms with Crippen LogP contribution in [0.1, 0.15) is 0 Å². The molecule has 0 bridgehead atoms. The molecular weight excluding hydrogens is 258 g/mol. The van der Waals surface area contributed by atoms with Crippen molar-refractivity contribution in [3.63, 3.8) is 0 Å². The number of nitrogen functional groups attached to an aromatic ring is 1. The average Bonchev–Trinajstić information content (AvgIpc) is 2.38. The minimum Gasteiger partial charge on any atom is -0.383 e. The van der Waals surface area contributed by atoms with Gasteiger partial charge >= 0.3 is 0 Å². The fraction of sp³-hybridized carbons (Fsp3) is 0.231. The largest absolute Gasteiger partial charge is 0.383 e. The number of thioether (sulfide) groups is 1. The van der Waals surface area contributed by atoms with Gasteiger partial charge in [-0.05, 0) is 18.4 Å². The smallest absolute Gasteiger partial charge is 0.191 e. The minimum atomic E-state index is 0.462. The zero-order chi connectivity index (χ0) is 13.8. The molecule has 1 heterocycles. The summed E-state index contributed by atoms with van der Waals surface area (Å²) in [5, 5.41) is 3.94. The Morgan fingerprint density at radius 3 is 2.63 bits per heavy atom. The van der Waals surface area contributed by atoms with E-state index in [9.17, 15) is 0 Å². The first-order chi connectivity index (χ1) is 9.10. The fourth-order valence-electron chi connectivity index (χ4n) is 1.71. The highest BCUT2D eigenvalue weighted by Gasteiger charge is 2.06. The summed E-state index contributed by atoms with van der Waals surface area (Å²) in [6.45, 7) is 0. The van der Waals surface area contributed by atoms with E-state index in [4.69, 9.17) is 5.73 Å². The molecule has 5 nitrogen and oxygen atoms in total. The molecule has 19 heavy (non-hydrogen) atoms. The molecule has 0 aliphatic rings. The second kappa shape index (κ2) is 5.79. The highest BCUT2D eigenvalue weighted by molar-refractivity contribution is 7.98. The molecule has 0 saturated heterocycles. The van der Waals surface area contributed by atoms with Gasteiger partial charge in [-0.2, -0.15) is 0 Å². The molecule has 1 aromatic carbocycles. The van der Waals surface area contributed by atoms with Crippen LogP contribution in [0.2, 0.25) is 0 Å². The third-order valence-electron chi connectivity index (χ3n) is 2.56. The van der Waals surface area contributed by atoms with E-state index in [1.807, 2.05) is 49.5 Å². The summed E-state index contributed by atoms with van der Waals surface area (Å²) in [5.41, 5.74) is 7.84. The predicted molar refractivity (Wildman–Crippen MR) is 82.3 cm³/mol. The van der Waals surface area contributed by atoms with Gasteiger partial charge in [0.1, 0.15) is 11.6 Å². The number of rotatable bonds is 4. The first kappa shape index (κ1) is 13.5. The van der Waals surface area contributed by atoms with E-state index in [2.05, 4.69) is 15.3 Å². The minimum absolute atomic E-state index is 0.462. The van der Waals surface area contributed by atoms with Crippen molar-refractivity contribution >= 4 is 34.8 Å². The lowest BCUT2D eigenvalue weighted by molar-refractivity contribution is 0.984. The Bertz CT molecular complexity index is 571. The molecule has 100 valence electrons. The van der Waals surface area contributed by atoms with E-state index in [0.29, 0.717) is 16.8 Å². The molecule has 0 radical (unpaired) electrons. The molecule has 2 rings (SSSR count). The summed E-state index contributed by atoms with van der Waals surface area (Å²) in [4.78, 5) is 10.6. The van der Waals surface area contributed by atoms with Crippen molar-refractivity contribution in [2.24, 2.45) is 0 Å². The maximum absolute atomic E-state index is 5.77. The van der Waals surface area contributed by atoms with E-state index >= 15 is 0 Å². The highest BCUT2D eigenvalue weighted by Crippen LogP contribution is 2.27. The third kappa shape index (κ3) is 3.29. The van der Waals surface area contributed by atoms with Crippen LogP contribution >= 0.6 is 11.8 Å². The number of aromatic nitrogens is 2. The second-order valence-electron chi connectivity index (χ2n) is 4.20. The summed E-state index contributed by atoms with van der Waals surface area (Å²) in [7, 11) is 4.00. The van der Waals surface area contributed by atoms with Crippen molar-refractivity contribution < 1.29 is 0 Å². The van der Waals surface area contributed by atoms with E-state index < -0.39 is 0 Å². The van der Waals surface area contributed by atoms with Gasteiger partial charge in [-0.25, -0.2) is 9.97 Å². The summed E-state index contributed by atoms with van der Waals surface area (Å²) in [6, 6.07) is 9.76. The number of benzene rings is 1. The SMILES string of the molecule is CSc1nc(N)cc(Nc2ccccc2N(C)C)n1. The molecular formula is C13H17N5S. The Balaban J connectivity index is 2.33. The van der Waals surface area contributed by atoms with Crippen molar-refractivity contribution in [2.45, 2.75) is 5.16 Å². The maximum atomic E-state index is 5.77. The van der Waals surface area contributed by atoms with E-state index in [0.717, 1.165) is 11.4 Å². The van der Waals surface area contributed by atoms with Crippen LogP contribution in [0.4, 0.5) is 23.0 Å². The van der Waals surface area contributed by atoms with Gasteiger partial charge in [0, 0.05) is 20.2 Å². The Kier molecular flexibility index (Phi) is 4.11. The van der Waals surface area contributed by atoms with Crippen LogP contribution < -0.4 is 16.0 Å². The zero-order valence-electron chi connectivity index (χ0n) is 11.2. The van der Waals surface area contributed by atoms with Gasteiger partial charge in [0.05, 0.1) is 11.4 Å². The molecule has 0 amide bonds. The van der Waals surface area contributed by atoms with Gasteiger partial charge < -0.3 is 16.0 Å². The number of para-hydroxylation sites is 2. The standard InChI is InChI=1S/C13H17N5S/c1-18(2)10-7-5-4-6-9(10)15-12-8-11(14)16-13(17-12)19-3/h4-8H,1-3H3,(H3,14,15,16,17). The monoisotopic (exact) mass is 275 g/mol. The van der Waals surface area contributed by atoms with Gasteiger partial charge in [-0.1, -0.05) is 23.9 Å². The average molecular weight is 275 g/mol. The summed E-state index contributed by atoms with van der Waals surface area (Å²) in [6.07, 6.45) is 1.92. The molecule has 0 fully saturated rings. The predicted octanol–water partition coefficient (Wildman–Crippen LogP) is 2.59. The summed E-state index contributed by atoms with van der Waals surface area (Å²) < 4.78 is 0. The maximum Gasteiger partial charge on any atom is 0.191 e. The lowest BCUT2D eigenvalue weighted by Gasteiger charge is -2.18. The van der Waals surface area contributed by atoms with Crippen LogP contribution in [0, 0.1) is 0 Å². The molecule has 6 heteroatoms. The number of hydrogen-bond donors (Lipinski definition) is 2. The van der Waals surface area contributed by atoms with Crippen LogP contribution in [-0.2, 0) is 0 Å². The normalized spacial score (nSPS) is 10.3. The molecule has 2 aromatic rings. The molecule has 3 N–H and O–H groups in total. The van der Waals surface area contributed by atoms with Gasteiger partial charge in [0.25, 0.3) is 0 Å². The van der Waals surface area contributed by atoms with Gasteiger partial charge in [0.2, 0.25) is 0 Å². The van der Waals surface area contributed by atoms with Crippen LogP contribution in [0.5, 0.6) is 0 Å². The number of hydrogen-bond acceptors (Lipinski definition) is 6. The van der Waals surface area contributed by atoms with Crippen LogP contribution in [0.25, 0.3) is 0 Å². The van der Waals surface area contributed by atoms with Crippen molar-refractivity contribution in [1.29, 1.82) is 0 Å². The third-order valence-corrected chi connectivity index (χ3v) is 3.10. The molecule has 0 spiro atoms. The molecule has 0 aliphatic carbocycles. The summed E-state index contributed by atoms with van der Waals surface area (Å²) in [5.74, 6) is 1.16. The number of nitrogens with two attached hydrogens (primary N) is 1. The van der Waals surface area contributed by atoms with Crippen LogP contribution in [0.15, 0.2) is 35.5 Å². The summed E-state index contributed by atoms with van der Waals surface area (Å²) >= 11 is 1.47. The lowest BCUT2D eigenvalue weighted by Crippen LogP contribution is -2.11. The van der Waals surface area contributed by atoms with Gasteiger partial charge in [-0.15, -0.1) is 0 Å². The van der Waals surface area contributed by atoms with Crippen LogP contribution in [-0.4, -0.2) is 30.3 Å². The first-order valence-electron chi connectivity index (χ1n) is 5.82. The van der Waals surface area contributed by atoms with Crippen LogP contribution in [0.3, 0.4) is 0 Å². The van der Waals surface area contributed by atoms with Gasteiger partial charge in [0.15, 0.2) is 5.16 Å². The molecule has 0 aliphatic heterocycles. The Morgan fingerprint density at radius 1 is 1.21 bits per heavy atom. The fourth-order valence-corrected chi connectivity index (χ4v) is 2.09.